The number of amides is 1. The second-order valence-electron chi connectivity index (χ2n) is 3.98. The summed E-state index contributed by atoms with van der Waals surface area (Å²) in [6.45, 7) is 5.34. The van der Waals surface area contributed by atoms with E-state index in [4.69, 9.17) is 5.73 Å². The minimum absolute atomic E-state index is 0.196. The molecule has 0 aromatic rings. The molecule has 0 radical (unpaired) electrons. The van der Waals surface area contributed by atoms with Gasteiger partial charge in [0.05, 0.1) is 19.6 Å². The van der Waals surface area contributed by atoms with Gasteiger partial charge in [0.1, 0.15) is 0 Å². The third-order valence-electron chi connectivity index (χ3n) is 2.34. The van der Waals surface area contributed by atoms with E-state index in [9.17, 15) is 9.59 Å². The van der Waals surface area contributed by atoms with E-state index >= 15 is 0 Å². The number of hydrogen-bond acceptors (Lipinski definition) is 4. The Bertz CT molecular complexity index is 231. The summed E-state index contributed by atoms with van der Waals surface area (Å²) >= 11 is 0. The summed E-state index contributed by atoms with van der Waals surface area (Å²) in [5.74, 6) is -0.861. The Morgan fingerprint density at radius 3 is 2.50 bits per heavy atom. The SMILES string of the molecule is CCCCN(CC(N)=O)CC(C)C(=O)OC. The molecule has 0 aromatic heterocycles. The number of hydrogen-bond donors (Lipinski definition) is 1. The molecule has 16 heavy (non-hydrogen) atoms. The van der Waals surface area contributed by atoms with Crippen molar-refractivity contribution in [1.29, 1.82) is 0 Å². The molecule has 1 atom stereocenters. The highest BCUT2D eigenvalue weighted by Gasteiger charge is 2.18. The van der Waals surface area contributed by atoms with Crippen LogP contribution in [0.15, 0.2) is 0 Å². The van der Waals surface area contributed by atoms with Crippen LogP contribution in [0.25, 0.3) is 0 Å². The molecule has 1 amide bonds. The predicted molar refractivity (Wildman–Crippen MR) is 61.7 cm³/mol. The van der Waals surface area contributed by atoms with Crippen LogP contribution in [0.1, 0.15) is 26.7 Å². The standard InChI is InChI=1S/C11H22N2O3/c1-4-5-6-13(8-10(12)14)7-9(2)11(15)16-3/h9H,4-8H2,1-3H3,(H2,12,14). The fraction of sp³-hybridized carbons (Fsp3) is 0.818. The van der Waals surface area contributed by atoms with Crippen molar-refractivity contribution in [3.8, 4) is 0 Å². The lowest BCUT2D eigenvalue weighted by Crippen LogP contribution is -2.39. The lowest BCUT2D eigenvalue weighted by Gasteiger charge is -2.22. The van der Waals surface area contributed by atoms with Gasteiger partial charge in [0.2, 0.25) is 5.91 Å². The molecule has 0 fully saturated rings. The second kappa shape index (κ2) is 8.10. The summed E-state index contributed by atoms with van der Waals surface area (Å²) in [4.78, 5) is 24.0. The molecule has 0 bridgehead atoms. The largest absolute Gasteiger partial charge is 0.469 e. The van der Waals surface area contributed by atoms with Crippen LogP contribution < -0.4 is 5.73 Å². The Hall–Kier alpha value is -1.10. The van der Waals surface area contributed by atoms with Gasteiger partial charge in [-0.2, -0.15) is 0 Å². The average molecular weight is 230 g/mol. The predicted octanol–water partition coefficient (Wildman–Crippen LogP) is 0.383. The van der Waals surface area contributed by atoms with E-state index < -0.39 is 0 Å². The van der Waals surface area contributed by atoms with Crippen LogP contribution in [-0.2, 0) is 14.3 Å². The van der Waals surface area contributed by atoms with Gasteiger partial charge in [0, 0.05) is 6.54 Å². The summed E-state index contributed by atoms with van der Waals surface area (Å²) in [6.07, 6.45) is 2.03. The Morgan fingerprint density at radius 2 is 2.06 bits per heavy atom. The van der Waals surface area contributed by atoms with Gasteiger partial charge in [0.15, 0.2) is 0 Å². The van der Waals surface area contributed by atoms with E-state index in [1.807, 2.05) is 4.90 Å². The quantitative estimate of drug-likeness (QED) is 0.612. The van der Waals surface area contributed by atoms with Gasteiger partial charge in [-0.1, -0.05) is 20.3 Å². The van der Waals surface area contributed by atoms with Crippen LogP contribution in [0.5, 0.6) is 0 Å². The van der Waals surface area contributed by atoms with E-state index in [1.54, 1.807) is 6.92 Å². The number of unbranched alkanes of at least 4 members (excludes halogenated alkanes) is 1. The molecule has 0 aliphatic rings. The zero-order chi connectivity index (χ0) is 12.6. The van der Waals surface area contributed by atoms with Crippen molar-refractivity contribution in [3.05, 3.63) is 0 Å². The highest BCUT2D eigenvalue weighted by atomic mass is 16.5. The molecule has 0 saturated carbocycles. The van der Waals surface area contributed by atoms with Gasteiger partial charge in [0.25, 0.3) is 0 Å². The van der Waals surface area contributed by atoms with Crippen LogP contribution in [0.3, 0.4) is 0 Å². The van der Waals surface area contributed by atoms with Crippen LogP contribution in [0.2, 0.25) is 0 Å². The zero-order valence-corrected chi connectivity index (χ0v) is 10.4. The van der Waals surface area contributed by atoms with Crippen molar-refractivity contribution in [2.24, 2.45) is 11.7 Å². The molecular weight excluding hydrogens is 208 g/mol. The molecular formula is C11H22N2O3. The maximum Gasteiger partial charge on any atom is 0.309 e. The second-order valence-corrected chi connectivity index (χ2v) is 3.98. The Kier molecular flexibility index (Phi) is 7.54. The van der Waals surface area contributed by atoms with E-state index in [1.165, 1.54) is 7.11 Å². The molecule has 5 heteroatoms. The van der Waals surface area contributed by atoms with Crippen LogP contribution in [0, 0.1) is 5.92 Å². The van der Waals surface area contributed by atoms with Crippen molar-refractivity contribution in [1.82, 2.24) is 4.90 Å². The Morgan fingerprint density at radius 1 is 1.44 bits per heavy atom. The Balaban J connectivity index is 4.17. The van der Waals surface area contributed by atoms with E-state index in [-0.39, 0.29) is 24.3 Å². The normalized spacial score (nSPS) is 12.5. The van der Waals surface area contributed by atoms with Gasteiger partial charge in [-0.25, -0.2) is 0 Å². The minimum atomic E-state index is -0.367. The van der Waals surface area contributed by atoms with Crippen LogP contribution >= 0.6 is 0 Å². The van der Waals surface area contributed by atoms with Gasteiger partial charge in [-0.15, -0.1) is 0 Å². The number of rotatable bonds is 8. The highest BCUT2D eigenvalue weighted by Crippen LogP contribution is 2.03. The minimum Gasteiger partial charge on any atom is -0.469 e. The van der Waals surface area contributed by atoms with Crippen molar-refractivity contribution in [3.63, 3.8) is 0 Å². The van der Waals surface area contributed by atoms with E-state index in [0.717, 1.165) is 19.4 Å². The maximum absolute atomic E-state index is 11.2. The number of esters is 1. The highest BCUT2D eigenvalue weighted by molar-refractivity contribution is 5.76. The van der Waals surface area contributed by atoms with Gasteiger partial charge in [-0.3, -0.25) is 14.5 Å². The van der Waals surface area contributed by atoms with Crippen LogP contribution in [0.4, 0.5) is 0 Å². The molecule has 94 valence electrons. The fourth-order valence-corrected chi connectivity index (χ4v) is 1.50. The summed E-state index contributed by atoms with van der Waals surface area (Å²) in [7, 11) is 1.36. The average Bonchev–Trinajstić information content (AvgIpc) is 2.23. The molecule has 0 aliphatic heterocycles. The first-order valence-electron chi connectivity index (χ1n) is 5.59. The topological polar surface area (TPSA) is 72.6 Å². The molecule has 1 unspecified atom stereocenters. The third kappa shape index (κ3) is 6.40. The maximum atomic E-state index is 11.2. The van der Waals surface area contributed by atoms with Crippen molar-refractivity contribution in [2.45, 2.75) is 26.7 Å². The summed E-state index contributed by atoms with van der Waals surface area (Å²) < 4.78 is 4.64. The number of carbonyl (C=O) groups excluding carboxylic acids is 2. The third-order valence-corrected chi connectivity index (χ3v) is 2.34. The molecule has 0 aromatic carbocycles. The molecule has 0 saturated heterocycles. The van der Waals surface area contributed by atoms with Crippen molar-refractivity contribution >= 4 is 11.9 Å². The lowest BCUT2D eigenvalue weighted by molar-refractivity contribution is -0.145. The number of primary amides is 1. The monoisotopic (exact) mass is 230 g/mol. The van der Waals surface area contributed by atoms with Crippen molar-refractivity contribution < 1.29 is 14.3 Å². The first-order chi connectivity index (χ1) is 7.51. The molecule has 0 heterocycles. The molecule has 0 aliphatic carbocycles. The first kappa shape index (κ1) is 14.9. The van der Waals surface area contributed by atoms with E-state index in [2.05, 4.69) is 11.7 Å². The van der Waals surface area contributed by atoms with Crippen LogP contribution in [-0.4, -0.2) is 43.5 Å². The fourth-order valence-electron chi connectivity index (χ4n) is 1.50. The summed E-state index contributed by atoms with van der Waals surface area (Å²) in [5.41, 5.74) is 5.15. The molecule has 5 nitrogen and oxygen atoms in total. The lowest BCUT2D eigenvalue weighted by atomic mass is 10.1. The van der Waals surface area contributed by atoms with Gasteiger partial charge < -0.3 is 10.5 Å². The summed E-state index contributed by atoms with van der Waals surface area (Å²) in [5, 5.41) is 0. The molecule has 2 N–H and O–H groups in total. The molecule has 0 spiro atoms. The number of carbonyl (C=O) groups is 2. The van der Waals surface area contributed by atoms with Gasteiger partial charge >= 0.3 is 5.97 Å². The number of methoxy groups -OCH3 is 1. The van der Waals surface area contributed by atoms with Gasteiger partial charge in [-0.05, 0) is 13.0 Å². The summed E-state index contributed by atoms with van der Waals surface area (Å²) in [6, 6.07) is 0. The number of nitrogens with zero attached hydrogens (tertiary/aromatic N) is 1. The number of ether oxygens (including phenoxy) is 1. The van der Waals surface area contributed by atoms with Crippen molar-refractivity contribution in [2.75, 3.05) is 26.7 Å². The number of nitrogens with two attached hydrogens (primary N) is 1. The first-order valence-corrected chi connectivity index (χ1v) is 5.59. The van der Waals surface area contributed by atoms with E-state index in [0.29, 0.717) is 6.54 Å². The Labute approximate surface area is 96.9 Å². The zero-order valence-electron chi connectivity index (χ0n) is 10.4. The molecule has 0 rings (SSSR count). The smallest absolute Gasteiger partial charge is 0.309 e.